The minimum absolute atomic E-state index is 0.0193. The van der Waals surface area contributed by atoms with Crippen molar-refractivity contribution in [3.8, 4) is 0 Å². The summed E-state index contributed by atoms with van der Waals surface area (Å²) in [6, 6.07) is 0. The number of rotatable bonds is 2. The van der Waals surface area contributed by atoms with Crippen molar-refractivity contribution in [1.29, 1.82) is 0 Å². The van der Waals surface area contributed by atoms with Crippen molar-refractivity contribution in [1.82, 2.24) is 0 Å². The van der Waals surface area contributed by atoms with Gasteiger partial charge in [0.1, 0.15) is 0 Å². The van der Waals surface area contributed by atoms with Crippen LogP contribution in [0.15, 0.2) is 0 Å². The van der Waals surface area contributed by atoms with Crippen LogP contribution in [0, 0.1) is 0 Å². The summed E-state index contributed by atoms with van der Waals surface area (Å²) in [6.45, 7) is 3.75. The van der Waals surface area contributed by atoms with E-state index in [1.807, 2.05) is 36.4 Å². The van der Waals surface area contributed by atoms with Crippen LogP contribution in [0.4, 0.5) is 4.79 Å². The fourth-order valence-corrected chi connectivity index (χ4v) is 1.14. The zero-order valence-corrected chi connectivity index (χ0v) is 8.36. The molecule has 0 spiro atoms. The second-order valence-electron chi connectivity index (χ2n) is 1.34. The van der Waals surface area contributed by atoms with Crippen molar-refractivity contribution in [3.05, 3.63) is 0 Å². The average molecular weight is 260 g/mol. The predicted octanol–water partition coefficient (Wildman–Crippen LogP) is 2.66. The number of carbonyl (C=O) groups is 1. The van der Waals surface area contributed by atoms with E-state index >= 15 is 0 Å². The molecule has 0 aromatic rings. The van der Waals surface area contributed by atoms with Gasteiger partial charge in [-0.3, -0.25) is 0 Å². The maximum atomic E-state index is 10.6. The molecule has 0 N–H and O–H groups in total. The lowest BCUT2D eigenvalue weighted by Crippen LogP contribution is -2.02. The molecule has 0 saturated heterocycles. The maximum absolute atomic E-state index is 10.6. The Balaban J connectivity index is 3.27. The van der Waals surface area contributed by atoms with Crippen LogP contribution in [0.3, 0.4) is 0 Å². The van der Waals surface area contributed by atoms with E-state index in [1.165, 1.54) is 11.8 Å². The molecule has 9 heavy (non-hydrogen) atoms. The Bertz CT molecular complexity index is 95.0. The van der Waals surface area contributed by atoms with Gasteiger partial charge in [-0.25, -0.2) is 4.79 Å². The van der Waals surface area contributed by atoms with Crippen molar-refractivity contribution in [3.63, 3.8) is 0 Å². The lowest BCUT2D eigenvalue weighted by Gasteiger charge is -2.03. The Morgan fingerprint density at radius 3 is 2.78 bits per heavy atom. The predicted molar refractivity (Wildman–Crippen MR) is 48.1 cm³/mol. The molecule has 0 rings (SSSR count). The lowest BCUT2D eigenvalue weighted by molar-refractivity contribution is 0.175. The third-order valence-corrected chi connectivity index (χ3v) is 1.40. The van der Waals surface area contributed by atoms with E-state index in [0.717, 1.165) is 5.75 Å². The molecule has 0 aliphatic rings. The second-order valence-corrected chi connectivity index (χ2v) is 4.30. The highest BCUT2D eigenvalue weighted by Crippen LogP contribution is 2.09. The molecule has 4 heteroatoms. The van der Waals surface area contributed by atoms with Gasteiger partial charge in [0, 0.05) is 5.75 Å². The summed E-state index contributed by atoms with van der Waals surface area (Å²) in [7, 11) is 0. The van der Waals surface area contributed by atoms with E-state index in [-0.39, 0.29) is 9.41 Å². The summed E-state index contributed by atoms with van der Waals surface area (Å²) in [6.07, 6.45) is 0. The lowest BCUT2D eigenvalue weighted by atomic mass is 10.9. The molecule has 0 aliphatic carbocycles. The van der Waals surface area contributed by atoms with Crippen LogP contribution in [0.25, 0.3) is 0 Å². The van der Waals surface area contributed by atoms with Gasteiger partial charge in [-0.1, -0.05) is 6.92 Å². The first-order chi connectivity index (χ1) is 4.16. The fourth-order valence-electron chi connectivity index (χ4n) is 0.284. The summed E-state index contributed by atoms with van der Waals surface area (Å²) in [5, 5.41) is -0.181. The molecule has 1 unspecified atom stereocenters. The normalized spacial score (nSPS) is 12.8. The summed E-state index contributed by atoms with van der Waals surface area (Å²) in [5.74, 6) is 0.780. The van der Waals surface area contributed by atoms with Gasteiger partial charge in [0.05, 0.1) is 0 Å². The van der Waals surface area contributed by atoms with Crippen molar-refractivity contribution in [2.45, 2.75) is 18.0 Å². The Morgan fingerprint density at radius 2 is 2.44 bits per heavy atom. The van der Waals surface area contributed by atoms with Crippen molar-refractivity contribution >= 4 is 39.7 Å². The Hall–Kier alpha value is 0.550. The van der Waals surface area contributed by atoms with Gasteiger partial charge >= 0.3 is 5.30 Å². The monoisotopic (exact) mass is 260 g/mol. The summed E-state index contributed by atoms with van der Waals surface area (Å²) in [5.41, 5.74) is 0. The average Bonchev–Trinajstić information content (AvgIpc) is 1.63. The highest BCUT2D eigenvalue weighted by molar-refractivity contribution is 14.1. The first kappa shape index (κ1) is 9.55. The molecule has 0 amide bonds. The SMILES string of the molecule is CCSC(=O)OC(C)I. The molecule has 1 atom stereocenters. The van der Waals surface area contributed by atoms with Crippen LogP contribution in [0.5, 0.6) is 0 Å². The molecule has 54 valence electrons. The Kier molecular flexibility index (Phi) is 5.67. The zero-order chi connectivity index (χ0) is 7.28. The summed E-state index contributed by atoms with van der Waals surface area (Å²) < 4.78 is 4.78. The van der Waals surface area contributed by atoms with E-state index in [2.05, 4.69) is 0 Å². The number of ether oxygens (including phenoxy) is 1. The van der Waals surface area contributed by atoms with Crippen LogP contribution in [-0.2, 0) is 4.74 Å². The number of halogens is 1. The van der Waals surface area contributed by atoms with E-state index in [4.69, 9.17) is 4.74 Å². The summed E-state index contributed by atoms with van der Waals surface area (Å²) >= 11 is 3.23. The van der Waals surface area contributed by atoms with Crippen LogP contribution >= 0.6 is 34.4 Å². The molecular formula is C5H9IO2S. The first-order valence-corrected chi connectivity index (χ1v) is 4.87. The second kappa shape index (κ2) is 5.34. The van der Waals surface area contributed by atoms with E-state index < -0.39 is 0 Å². The standard InChI is InChI=1S/C5H9IO2S/c1-3-9-5(7)8-4(2)6/h4H,3H2,1-2H3. The first-order valence-electron chi connectivity index (χ1n) is 2.64. The summed E-state index contributed by atoms with van der Waals surface area (Å²) in [4.78, 5) is 10.6. The van der Waals surface area contributed by atoms with Crippen LogP contribution in [0.1, 0.15) is 13.8 Å². The molecule has 0 aromatic carbocycles. The molecule has 0 bridgehead atoms. The van der Waals surface area contributed by atoms with Gasteiger partial charge in [0.15, 0.2) is 4.11 Å². The van der Waals surface area contributed by atoms with Gasteiger partial charge in [-0.05, 0) is 41.3 Å². The van der Waals surface area contributed by atoms with Gasteiger partial charge in [0.2, 0.25) is 0 Å². The van der Waals surface area contributed by atoms with Crippen molar-refractivity contribution in [2.24, 2.45) is 0 Å². The third-order valence-electron chi connectivity index (χ3n) is 0.521. The molecule has 0 aliphatic heterocycles. The highest BCUT2D eigenvalue weighted by atomic mass is 127. The maximum Gasteiger partial charge on any atom is 0.368 e. The van der Waals surface area contributed by atoms with Gasteiger partial charge in [0.25, 0.3) is 0 Å². The zero-order valence-electron chi connectivity index (χ0n) is 5.39. The molecule has 2 nitrogen and oxygen atoms in total. The van der Waals surface area contributed by atoms with Crippen LogP contribution < -0.4 is 0 Å². The van der Waals surface area contributed by atoms with Crippen LogP contribution in [-0.4, -0.2) is 15.2 Å². The minimum Gasteiger partial charge on any atom is -0.444 e. The van der Waals surface area contributed by atoms with Crippen molar-refractivity contribution in [2.75, 3.05) is 5.75 Å². The smallest absolute Gasteiger partial charge is 0.368 e. The largest absolute Gasteiger partial charge is 0.444 e. The number of thioether (sulfide) groups is 1. The molecule has 0 heterocycles. The van der Waals surface area contributed by atoms with Gasteiger partial charge in [-0.2, -0.15) is 0 Å². The van der Waals surface area contributed by atoms with E-state index in [0.29, 0.717) is 0 Å². The van der Waals surface area contributed by atoms with E-state index in [9.17, 15) is 4.79 Å². The number of hydrogen-bond acceptors (Lipinski definition) is 3. The third kappa shape index (κ3) is 6.44. The van der Waals surface area contributed by atoms with Gasteiger partial charge in [-0.15, -0.1) is 0 Å². The Morgan fingerprint density at radius 1 is 1.89 bits per heavy atom. The molecule has 0 radical (unpaired) electrons. The number of hydrogen-bond donors (Lipinski definition) is 0. The molecular weight excluding hydrogens is 251 g/mol. The van der Waals surface area contributed by atoms with Crippen molar-refractivity contribution < 1.29 is 9.53 Å². The number of carbonyl (C=O) groups excluding carboxylic acids is 1. The highest BCUT2D eigenvalue weighted by Gasteiger charge is 2.03. The van der Waals surface area contributed by atoms with Crippen LogP contribution in [0.2, 0.25) is 0 Å². The molecule has 0 saturated carbocycles. The Labute approximate surface area is 72.9 Å². The minimum atomic E-state index is -0.181. The van der Waals surface area contributed by atoms with E-state index in [1.54, 1.807) is 0 Å². The molecule has 0 fully saturated rings. The molecule has 0 aromatic heterocycles. The fraction of sp³-hybridized carbons (Fsp3) is 0.800. The quantitative estimate of drug-likeness (QED) is 0.433. The van der Waals surface area contributed by atoms with Gasteiger partial charge < -0.3 is 4.74 Å². The number of alkyl halides is 1. The topological polar surface area (TPSA) is 26.3 Å².